The summed E-state index contributed by atoms with van der Waals surface area (Å²) in [7, 11) is 0. The van der Waals surface area contributed by atoms with Gasteiger partial charge in [-0.3, -0.25) is 15.0 Å². The predicted molar refractivity (Wildman–Crippen MR) is 101 cm³/mol. The molecule has 25 heavy (non-hydrogen) atoms. The van der Waals surface area contributed by atoms with Crippen LogP contribution in [0.1, 0.15) is 42.4 Å². The second kappa shape index (κ2) is 7.64. The predicted octanol–water partition coefficient (Wildman–Crippen LogP) is 3.53. The highest BCUT2D eigenvalue weighted by Gasteiger charge is 2.16. The highest BCUT2D eigenvalue weighted by Crippen LogP contribution is 2.23. The lowest BCUT2D eigenvalue weighted by atomic mass is 9.87. The molecule has 0 unspecified atom stereocenters. The summed E-state index contributed by atoms with van der Waals surface area (Å²) < 4.78 is 5.36. The third-order valence-electron chi connectivity index (χ3n) is 4.27. The summed E-state index contributed by atoms with van der Waals surface area (Å²) in [5, 5.41) is 5.55. The monoisotopic (exact) mass is 359 g/mol. The van der Waals surface area contributed by atoms with Gasteiger partial charge in [-0.2, -0.15) is 0 Å². The highest BCUT2D eigenvalue weighted by atomic mass is 32.1. The van der Waals surface area contributed by atoms with Crippen molar-refractivity contribution >= 4 is 22.4 Å². The topological polar surface area (TPSA) is 54.5 Å². The van der Waals surface area contributed by atoms with Crippen LogP contribution in [0.3, 0.4) is 0 Å². The Balaban J connectivity index is 1.59. The van der Waals surface area contributed by atoms with Gasteiger partial charge < -0.3 is 4.74 Å². The number of rotatable bonds is 4. The summed E-state index contributed by atoms with van der Waals surface area (Å²) in [6.07, 6.45) is 0. The Labute approximate surface area is 153 Å². The van der Waals surface area contributed by atoms with Crippen molar-refractivity contribution in [3.8, 4) is 0 Å². The van der Waals surface area contributed by atoms with E-state index in [1.54, 1.807) is 0 Å². The summed E-state index contributed by atoms with van der Waals surface area (Å²) >= 11 is 1.47. The first kappa shape index (κ1) is 18.0. The highest BCUT2D eigenvalue weighted by molar-refractivity contribution is 7.13. The fourth-order valence-corrected chi connectivity index (χ4v) is 3.41. The minimum absolute atomic E-state index is 0.0821. The Morgan fingerprint density at radius 1 is 1.24 bits per heavy atom. The van der Waals surface area contributed by atoms with E-state index in [0.29, 0.717) is 10.7 Å². The van der Waals surface area contributed by atoms with E-state index in [2.05, 4.69) is 36.0 Å². The van der Waals surface area contributed by atoms with Gasteiger partial charge >= 0.3 is 0 Å². The summed E-state index contributed by atoms with van der Waals surface area (Å²) in [5.41, 5.74) is 2.94. The second-order valence-electron chi connectivity index (χ2n) is 7.31. The van der Waals surface area contributed by atoms with Gasteiger partial charge in [-0.15, -0.1) is 11.3 Å². The quantitative estimate of drug-likeness (QED) is 0.907. The van der Waals surface area contributed by atoms with Gasteiger partial charge in [0.15, 0.2) is 5.13 Å². The first-order chi connectivity index (χ1) is 11.9. The van der Waals surface area contributed by atoms with Crippen LogP contribution in [-0.2, 0) is 16.7 Å². The van der Waals surface area contributed by atoms with E-state index in [-0.39, 0.29) is 11.3 Å². The second-order valence-corrected chi connectivity index (χ2v) is 8.17. The molecule has 0 atom stereocenters. The van der Waals surface area contributed by atoms with E-state index in [1.807, 2.05) is 29.6 Å². The number of carbonyl (C=O) groups is 1. The Hall–Kier alpha value is -1.76. The number of hydrogen-bond acceptors (Lipinski definition) is 5. The zero-order valence-corrected chi connectivity index (χ0v) is 15.9. The average molecular weight is 359 g/mol. The van der Waals surface area contributed by atoms with E-state index in [4.69, 9.17) is 4.74 Å². The van der Waals surface area contributed by atoms with E-state index < -0.39 is 0 Å². The molecule has 0 radical (unpaired) electrons. The maximum absolute atomic E-state index is 12.4. The Morgan fingerprint density at radius 2 is 1.92 bits per heavy atom. The van der Waals surface area contributed by atoms with Gasteiger partial charge in [0, 0.05) is 30.6 Å². The molecule has 0 aliphatic carbocycles. The fraction of sp³-hybridized carbons (Fsp3) is 0.474. The molecule has 2 aromatic rings. The van der Waals surface area contributed by atoms with Gasteiger partial charge in [-0.25, -0.2) is 4.98 Å². The van der Waals surface area contributed by atoms with E-state index in [0.717, 1.165) is 38.5 Å². The molecule has 1 fully saturated rings. The van der Waals surface area contributed by atoms with Crippen LogP contribution < -0.4 is 5.32 Å². The number of thiazole rings is 1. The molecule has 1 aliphatic heterocycles. The number of hydrogen-bond donors (Lipinski definition) is 1. The minimum atomic E-state index is -0.118. The molecule has 134 valence electrons. The number of nitrogens with zero attached hydrogens (tertiary/aromatic N) is 2. The molecule has 0 bridgehead atoms. The van der Waals surface area contributed by atoms with Crippen LogP contribution in [0.5, 0.6) is 0 Å². The molecule has 5 nitrogen and oxygen atoms in total. The van der Waals surface area contributed by atoms with E-state index in [1.165, 1.54) is 16.9 Å². The number of carbonyl (C=O) groups excluding carboxylic acids is 1. The summed E-state index contributed by atoms with van der Waals surface area (Å²) in [6.45, 7) is 10.7. The SMILES string of the molecule is CC(C)(C)c1ccc(C(=O)Nc2nc(CN3CCOCC3)cs2)cc1. The van der Waals surface area contributed by atoms with Gasteiger partial charge in [-0.05, 0) is 23.1 Å². The lowest BCUT2D eigenvalue weighted by Gasteiger charge is -2.25. The molecule has 1 aliphatic rings. The molecule has 1 N–H and O–H groups in total. The number of benzene rings is 1. The smallest absolute Gasteiger partial charge is 0.257 e. The van der Waals surface area contributed by atoms with Crippen molar-refractivity contribution in [1.82, 2.24) is 9.88 Å². The summed E-state index contributed by atoms with van der Waals surface area (Å²) in [4.78, 5) is 19.2. The Morgan fingerprint density at radius 3 is 2.56 bits per heavy atom. The van der Waals surface area contributed by atoms with Crippen LogP contribution in [0.2, 0.25) is 0 Å². The normalized spacial score (nSPS) is 16.0. The van der Waals surface area contributed by atoms with Gasteiger partial charge in [0.05, 0.1) is 18.9 Å². The van der Waals surface area contributed by atoms with Crippen LogP contribution in [0.4, 0.5) is 5.13 Å². The molecule has 6 heteroatoms. The zero-order chi connectivity index (χ0) is 17.9. The summed E-state index contributed by atoms with van der Waals surface area (Å²) in [6, 6.07) is 7.78. The third kappa shape index (κ3) is 4.87. The van der Waals surface area contributed by atoms with E-state index >= 15 is 0 Å². The number of nitrogens with one attached hydrogen (secondary N) is 1. The first-order valence-corrected chi connectivity index (χ1v) is 9.46. The number of ether oxygens (including phenoxy) is 1. The molecule has 0 spiro atoms. The van der Waals surface area contributed by atoms with Crippen molar-refractivity contribution in [2.45, 2.75) is 32.7 Å². The van der Waals surface area contributed by atoms with Crippen LogP contribution >= 0.6 is 11.3 Å². The van der Waals surface area contributed by atoms with Crippen LogP contribution in [0.25, 0.3) is 0 Å². The van der Waals surface area contributed by atoms with Crippen LogP contribution in [0, 0.1) is 0 Å². The lowest BCUT2D eigenvalue weighted by molar-refractivity contribution is 0.0337. The third-order valence-corrected chi connectivity index (χ3v) is 5.08. The van der Waals surface area contributed by atoms with E-state index in [9.17, 15) is 4.79 Å². The summed E-state index contributed by atoms with van der Waals surface area (Å²) in [5.74, 6) is -0.118. The average Bonchev–Trinajstić information content (AvgIpc) is 3.02. The molecule has 3 rings (SSSR count). The lowest BCUT2D eigenvalue weighted by Crippen LogP contribution is -2.35. The molecule has 1 aromatic carbocycles. The van der Waals surface area contributed by atoms with Crippen molar-refractivity contribution in [1.29, 1.82) is 0 Å². The number of morpholine rings is 1. The molecule has 1 saturated heterocycles. The minimum Gasteiger partial charge on any atom is -0.379 e. The Kier molecular flexibility index (Phi) is 5.51. The maximum Gasteiger partial charge on any atom is 0.257 e. The van der Waals surface area contributed by atoms with Crippen molar-refractivity contribution in [2.24, 2.45) is 0 Å². The largest absolute Gasteiger partial charge is 0.379 e. The first-order valence-electron chi connectivity index (χ1n) is 8.58. The van der Waals surface area contributed by atoms with Gasteiger partial charge in [0.1, 0.15) is 0 Å². The molecule has 2 heterocycles. The van der Waals surface area contributed by atoms with Gasteiger partial charge in [-0.1, -0.05) is 32.9 Å². The molecular formula is C19H25N3O2S. The van der Waals surface area contributed by atoms with Crippen molar-refractivity contribution in [2.75, 3.05) is 31.6 Å². The fourth-order valence-electron chi connectivity index (χ4n) is 2.72. The maximum atomic E-state index is 12.4. The van der Waals surface area contributed by atoms with Gasteiger partial charge in [0.2, 0.25) is 0 Å². The zero-order valence-electron chi connectivity index (χ0n) is 15.0. The van der Waals surface area contributed by atoms with Crippen molar-refractivity contribution in [3.05, 3.63) is 46.5 Å². The molecule has 1 amide bonds. The van der Waals surface area contributed by atoms with Crippen LogP contribution in [0.15, 0.2) is 29.6 Å². The number of aromatic nitrogens is 1. The number of anilines is 1. The standard InChI is InChI=1S/C19H25N3O2S/c1-19(2,3)15-6-4-14(5-7-15)17(23)21-18-20-16(13-25-18)12-22-8-10-24-11-9-22/h4-7,13H,8-12H2,1-3H3,(H,20,21,23). The van der Waals surface area contributed by atoms with Gasteiger partial charge in [0.25, 0.3) is 5.91 Å². The molecule has 0 saturated carbocycles. The van der Waals surface area contributed by atoms with Crippen molar-refractivity contribution < 1.29 is 9.53 Å². The van der Waals surface area contributed by atoms with Crippen LogP contribution in [-0.4, -0.2) is 42.1 Å². The number of amides is 1. The molecular weight excluding hydrogens is 334 g/mol. The molecule has 1 aromatic heterocycles. The Bertz CT molecular complexity index is 713. The van der Waals surface area contributed by atoms with Crippen molar-refractivity contribution in [3.63, 3.8) is 0 Å².